The van der Waals surface area contributed by atoms with Crippen LogP contribution < -0.4 is 21.7 Å². The van der Waals surface area contributed by atoms with Gasteiger partial charge in [0.2, 0.25) is 11.5 Å². The number of nitrogens with two attached hydrogens (primary N) is 1. The molecule has 2 atom stereocenters. The van der Waals surface area contributed by atoms with E-state index in [2.05, 4.69) is 26.1 Å². The van der Waals surface area contributed by atoms with Gasteiger partial charge in [-0.2, -0.15) is 0 Å². The zero-order valence-electron chi connectivity index (χ0n) is 21.7. The van der Waals surface area contributed by atoms with Crippen molar-refractivity contribution in [3.05, 3.63) is 11.1 Å². The summed E-state index contributed by atoms with van der Waals surface area (Å²) in [5.41, 5.74) is 2.27. The fraction of sp³-hybridized carbons (Fsp3) is 0.636. The molecule has 0 saturated carbocycles. The van der Waals surface area contributed by atoms with Crippen LogP contribution in [0.4, 0.5) is 9.93 Å². The van der Waals surface area contributed by atoms with Crippen molar-refractivity contribution in [3.63, 3.8) is 0 Å². The number of oxime groups is 1. The Hall–Kier alpha value is -3.26. The summed E-state index contributed by atoms with van der Waals surface area (Å²) >= 11 is 1.01. The Bertz CT molecular complexity index is 1040. The average molecular weight is 527 g/mol. The number of aromatic nitrogens is 1. The highest BCUT2D eigenvalue weighted by atomic mass is 32.1. The van der Waals surface area contributed by atoms with E-state index in [0.29, 0.717) is 0 Å². The summed E-state index contributed by atoms with van der Waals surface area (Å²) in [6.45, 7) is 13.2. The Balaban J connectivity index is 2.30. The molecule has 0 unspecified atom stereocenters. The van der Waals surface area contributed by atoms with Gasteiger partial charge in [0.1, 0.15) is 22.9 Å². The highest BCUT2D eigenvalue weighted by Gasteiger charge is 2.41. The van der Waals surface area contributed by atoms with Gasteiger partial charge < -0.3 is 30.7 Å². The van der Waals surface area contributed by atoms with Crippen LogP contribution in [0.15, 0.2) is 10.5 Å². The van der Waals surface area contributed by atoms with Gasteiger partial charge in [0.15, 0.2) is 10.8 Å². The van der Waals surface area contributed by atoms with Crippen LogP contribution >= 0.6 is 11.3 Å². The number of nitrogens with one attached hydrogen (secondary N) is 3. The van der Waals surface area contributed by atoms with E-state index < -0.39 is 52.8 Å². The normalized spacial score (nSPS) is 18.5. The molecule has 1 aliphatic rings. The largest absolute Gasteiger partial charge is 0.457 e. The van der Waals surface area contributed by atoms with Crippen molar-refractivity contribution < 1.29 is 33.5 Å². The van der Waals surface area contributed by atoms with Gasteiger partial charge in [-0.05, 0) is 55.4 Å². The molecule has 14 heteroatoms. The summed E-state index contributed by atoms with van der Waals surface area (Å²) in [5.74, 6) is -1.90. The van der Waals surface area contributed by atoms with E-state index in [1.54, 1.807) is 41.5 Å². The molecule has 0 spiro atoms. The lowest BCUT2D eigenvalue weighted by Crippen LogP contribution is -2.71. The number of ether oxygens (including phenoxy) is 2. The lowest BCUT2D eigenvalue weighted by atomic mass is 9.99. The number of rotatable bonds is 8. The van der Waals surface area contributed by atoms with Crippen LogP contribution in [0.25, 0.3) is 0 Å². The van der Waals surface area contributed by atoms with E-state index >= 15 is 0 Å². The quantitative estimate of drug-likeness (QED) is 0.168. The van der Waals surface area contributed by atoms with Gasteiger partial charge in [0.05, 0.1) is 6.04 Å². The number of nitrogens with zero attached hydrogens (tertiary/aromatic N) is 2. The van der Waals surface area contributed by atoms with Gasteiger partial charge in [-0.25, -0.2) is 14.6 Å². The Morgan fingerprint density at radius 2 is 1.72 bits per heavy atom. The van der Waals surface area contributed by atoms with Crippen molar-refractivity contribution in [2.45, 2.75) is 84.3 Å². The van der Waals surface area contributed by atoms with Crippen LogP contribution in [-0.2, 0) is 28.7 Å². The topological polar surface area (TPSA) is 183 Å². The Morgan fingerprint density at radius 1 is 1.11 bits per heavy atom. The second kappa shape index (κ2) is 10.8. The molecule has 1 aromatic rings. The fourth-order valence-corrected chi connectivity index (χ4v) is 3.33. The summed E-state index contributed by atoms with van der Waals surface area (Å²) in [7, 11) is 0. The van der Waals surface area contributed by atoms with Crippen LogP contribution in [0.5, 0.6) is 0 Å². The molecule has 5 N–H and O–H groups in total. The fourth-order valence-electron chi connectivity index (χ4n) is 2.65. The molecule has 2 rings (SSSR count). The molecular formula is C22H34N6O7S. The predicted octanol–water partition coefficient (Wildman–Crippen LogP) is 1.27. The van der Waals surface area contributed by atoms with Crippen molar-refractivity contribution in [2.75, 3.05) is 11.9 Å². The zero-order valence-corrected chi connectivity index (χ0v) is 22.5. The minimum absolute atomic E-state index is 0.0348. The molecule has 0 bridgehead atoms. The lowest BCUT2D eigenvalue weighted by Gasteiger charge is -2.36. The van der Waals surface area contributed by atoms with Crippen molar-refractivity contribution in [3.8, 4) is 0 Å². The van der Waals surface area contributed by atoms with E-state index in [0.717, 1.165) is 11.3 Å². The summed E-state index contributed by atoms with van der Waals surface area (Å²) in [6.07, 6.45) is -0.731. The minimum atomic E-state index is -1.56. The summed E-state index contributed by atoms with van der Waals surface area (Å²) in [5, 5.41) is 13.1. The first-order valence-corrected chi connectivity index (χ1v) is 12.1. The first kappa shape index (κ1) is 29.0. The summed E-state index contributed by atoms with van der Waals surface area (Å²) < 4.78 is 10.5. The van der Waals surface area contributed by atoms with Crippen LogP contribution in [0, 0.1) is 0 Å². The maximum atomic E-state index is 13.1. The van der Waals surface area contributed by atoms with Crippen LogP contribution in [0.3, 0.4) is 0 Å². The van der Waals surface area contributed by atoms with Gasteiger partial charge in [-0.15, -0.1) is 11.3 Å². The molecule has 0 aromatic carbocycles. The third-order valence-electron chi connectivity index (χ3n) is 4.38. The second-order valence-electron chi connectivity index (χ2n) is 10.5. The van der Waals surface area contributed by atoms with Gasteiger partial charge in [0, 0.05) is 11.9 Å². The standard InChI is InChI=1S/C22H34N6O7S/c1-20(2,3)33-17(31)22(7,8)35-28-14(16(30)26-13-11(9-23)24-15(13)29)12-10-36-18(25-12)27-19(32)34-21(4,5)6/h10-11,13H,9,23H2,1-8H3,(H,24,29)(H,26,30)(H,25,27,32)/t11-,13-/m0/s1. The Kier molecular flexibility index (Phi) is 8.68. The Morgan fingerprint density at radius 3 is 2.25 bits per heavy atom. The monoisotopic (exact) mass is 526 g/mol. The van der Waals surface area contributed by atoms with E-state index in [4.69, 9.17) is 20.0 Å². The molecule has 1 aliphatic heterocycles. The number of hydrogen-bond donors (Lipinski definition) is 4. The maximum absolute atomic E-state index is 13.1. The highest BCUT2D eigenvalue weighted by molar-refractivity contribution is 7.14. The average Bonchev–Trinajstić information content (AvgIpc) is 3.15. The van der Waals surface area contributed by atoms with Gasteiger partial charge >= 0.3 is 12.1 Å². The number of β-lactam (4-membered cyclic amide) rings is 1. The van der Waals surface area contributed by atoms with Crippen LogP contribution in [0.1, 0.15) is 61.1 Å². The van der Waals surface area contributed by atoms with E-state index in [9.17, 15) is 19.2 Å². The molecule has 3 amide bonds. The third kappa shape index (κ3) is 8.16. The van der Waals surface area contributed by atoms with Crippen molar-refractivity contribution in [2.24, 2.45) is 10.9 Å². The molecule has 1 saturated heterocycles. The first-order valence-electron chi connectivity index (χ1n) is 11.2. The number of amides is 3. The molecule has 13 nitrogen and oxygen atoms in total. The van der Waals surface area contributed by atoms with Crippen molar-refractivity contribution in [1.82, 2.24) is 15.6 Å². The van der Waals surface area contributed by atoms with Crippen LogP contribution in [0.2, 0.25) is 0 Å². The molecule has 1 aromatic heterocycles. The smallest absolute Gasteiger partial charge is 0.413 e. The van der Waals surface area contributed by atoms with Crippen molar-refractivity contribution >= 4 is 46.1 Å². The van der Waals surface area contributed by atoms with Gasteiger partial charge in [-0.3, -0.25) is 14.9 Å². The zero-order chi connectivity index (χ0) is 27.5. The maximum Gasteiger partial charge on any atom is 0.413 e. The van der Waals surface area contributed by atoms with Gasteiger partial charge in [-0.1, -0.05) is 5.16 Å². The van der Waals surface area contributed by atoms with Crippen LogP contribution in [-0.4, -0.2) is 70.0 Å². The second-order valence-corrected chi connectivity index (χ2v) is 11.4. The minimum Gasteiger partial charge on any atom is -0.457 e. The van der Waals surface area contributed by atoms with E-state index in [-0.39, 0.29) is 23.1 Å². The predicted molar refractivity (Wildman–Crippen MR) is 132 cm³/mol. The molecule has 0 radical (unpaired) electrons. The number of carbonyl (C=O) groups excluding carboxylic acids is 4. The molecule has 2 heterocycles. The summed E-state index contributed by atoms with van der Waals surface area (Å²) in [4.78, 5) is 59.2. The molecule has 36 heavy (non-hydrogen) atoms. The van der Waals surface area contributed by atoms with Crippen molar-refractivity contribution in [1.29, 1.82) is 0 Å². The lowest BCUT2D eigenvalue weighted by molar-refractivity contribution is -0.179. The van der Waals surface area contributed by atoms with E-state index in [1.807, 2.05) is 0 Å². The Labute approximate surface area is 213 Å². The van der Waals surface area contributed by atoms with E-state index in [1.165, 1.54) is 19.2 Å². The van der Waals surface area contributed by atoms with Gasteiger partial charge in [0.25, 0.3) is 5.91 Å². The molecule has 200 valence electrons. The molecule has 1 fully saturated rings. The summed E-state index contributed by atoms with van der Waals surface area (Å²) in [6, 6.07) is -1.31. The number of thiazole rings is 1. The highest BCUT2D eigenvalue weighted by Crippen LogP contribution is 2.21. The molecule has 0 aliphatic carbocycles. The third-order valence-corrected chi connectivity index (χ3v) is 5.14. The number of esters is 1. The number of hydrogen-bond acceptors (Lipinski definition) is 11. The molecular weight excluding hydrogens is 492 g/mol. The number of anilines is 1. The SMILES string of the molecule is CC(C)(C)OC(=O)Nc1nc(C(=NOC(C)(C)C(=O)OC(C)(C)C)C(=O)N[C@@H]2C(=O)N[C@H]2CN)cs1. The first-order chi connectivity index (χ1) is 16.4. The number of carbonyl (C=O) groups is 4.